The van der Waals surface area contributed by atoms with Crippen LogP contribution in [-0.4, -0.2) is 42.8 Å². The highest BCUT2D eigenvalue weighted by molar-refractivity contribution is 5.87. The van der Waals surface area contributed by atoms with Crippen LogP contribution < -0.4 is 0 Å². The van der Waals surface area contributed by atoms with E-state index >= 15 is 0 Å². The molecule has 0 spiro atoms. The van der Waals surface area contributed by atoms with Gasteiger partial charge in [0.1, 0.15) is 0 Å². The van der Waals surface area contributed by atoms with Crippen molar-refractivity contribution < 1.29 is 19.1 Å². The van der Waals surface area contributed by atoms with Gasteiger partial charge in [0.05, 0.1) is 6.61 Å². The molecule has 0 N–H and O–H groups in total. The zero-order valence-electron chi connectivity index (χ0n) is 12.3. The Kier molecular flexibility index (Phi) is 6.45. The van der Waals surface area contributed by atoms with Crippen molar-refractivity contribution in [1.82, 2.24) is 4.90 Å². The van der Waals surface area contributed by atoms with Crippen molar-refractivity contribution in [3.05, 3.63) is 24.3 Å². The predicted octanol–water partition coefficient (Wildman–Crippen LogP) is 2.04. The summed E-state index contributed by atoms with van der Waals surface area (Å²) in [6, 6.07) is 0. The highest BCUT2D eigenvalue weighted by Crippen LogP contribution is 2.19. The minimum atomic E-state index is -0.364. The Balaban J connectivity index is 2.28. The lowest BCUT2D eigenvalue weighted by atomic mass is 10.3. The van der Waals surface area contributed by atoms with Crippen molar-refractivity contribution in [1.29, 1.82) is 0 Å². The fraction of sp³-hybridized carbons (Fsp3) is 0.600. The van der Waals surface area contributed by atoms with Gasteiger partial charge >= 0.3 is 11.9 Å². The second-order valence-corrected chi connectivity index (χ2v) is 5.09. The normalized spacial score (nSPS) is 18.6. The van der Waals surface area contributed by atoms with E-state index in [1.807, 2.05) is 0 Å². The maximum atomic E-state index is 11.5. The highest BCUT2D eigenvalue weighted by Gasteiger charge is 2.27. The first-order chi connectivity index (χ1) is 9.41. The van der Waals surface area contributed by atoms with E-state index in [2.05, 4.69) is 18.1 Å². The lowest BCUT2D eigenvalue weighted by molar-refractivity contribution is -0.151. The minimum Gasteiger partial charge on any atom is -0.462 e. The zero-order chi connectivity index (χ0) is 15.1. The van der Waals surface area contributed by atoms with Crippen molar-refractivity contribution in [2.45, 2.75) is 39.3 Å². The van der Waals surface area contributed by atoms with Gasteiger partial charge in [-0.15, -0.1) is 0 Å². The molecule has 1 atom stereocenters. The Bertz CT molecular complexity index is 403. The molecule has 0 radical (unpaired) electrons. The molecule has 5 nitrogen and oxygen atoms in total. The number of nitrogens with zero attached hydrogens (tertiary/aromatic N) is 1. The number of rotatable bonds is 7. The Morgan fingerprint density at radius 3 is 2.45 bits per heavy atom. The van der Waals surface area contributed by atoms with Crippen LogP contribution in [0.3, 0.4) is 0 Å². The molecule has 1 aliphatic rings. The van der Waals surface area contributed by atoms with E-state index in [9.17, 15) is 9.59 Å². The van der Waals surface area contributed by atoms with Crippen LogP contribution in [0.15, 0.2) is 24.3 Å². The van der Waals surface area contributed by atoms with Crippen molar-refractivity contribution in [3.8, 4) is 0 Å². The fourth-order valence-electron chi connectivity index (χ4n) is 1.96. The molecular formula is C15H23NO4. The lowest BCUT2D eigenvalue weighted by Crippen LogP contribution is -2.34. The van der Waals surface area contributed by atoms with E-state index < -0.39 is 0 Å². The molecule has 1 heterocycles. The standard InChI is InChI=1S/C15H23NO4/c1-11(2)14(17)19-10-6-9-16-8-5-7-13(16)20-15(18)12(3)4/h13H,1,3,5-10H2,2,4H3. The summed E-state index contributed by atoms with van der Waals surface area (Å²) in [6.07, 6.45) is 2.36. The van der Waals surface area contributed by atoms with Gasteiger partial charge in [0.15, 0.2) is 6.23 Å². The average Bonchev–Trinajstić information content (AvgIpc) is 2.81. The van der Waals surface area contributed by atoms with E-state index in [1.54, 1.807) is 13.8 Å². The molecule has 1 fully saturated rings. The predicted molar refractivity (Wildman–Crippen MR) is 75.9 cm³/mol. The number of hydrogen-bond donors (Lipinski definition) is 0. The number of hydrogen-bond acceptors (Lipinski definition) is 5. The number of likely N-dealkylation sites (tertiary alicyclic amines) is 1. The average molecular weight is 281 g/mol. The maximum Gasteiger partial charge on any atom is 0.334 e. The number of ether oxygens (including phenoxy) is 2. The third-order valence-electron chi connectivity index (χ3n) is 3.07. The van der Waals surface area contributed by atoms with E-state index in [4.69, 9.17) is 9.47 Å². The number of carbonyl (C=O) groups is 2. The number of esters is 2. The Morgan fingerprint density at radius 2 is 1.85 bits per heavy atom. The van der Waals surface area contributed by atoms with Gasteiger partial charge < -0.3 is 9.47 Å². The Morgan fingerprint density at radius 1 is 1.20 bits per heavy atom. The Labute approximate surface area is 120 Å². The molecular weight excluding hydrogens is 258 g/mol. The molecule has 0 aromatic rings. The molecule has 112 valence electrons. The van der Waals surface area contributed by atoms with Crippen molar-refractivity contribution in [2.24, 2.45) is 0 Å². The molecule has 0 amide bonds. The third-order valence-corrected chi connectivity index (χ3v) is 3.07. The van der Waals surface area contributed by atoms with Gasteiger partial charge in [-0.2, -0.15) is 0 Å². The van der Waals surface area contributed by atoms with Crippen LogP contribution in [0.5, 0.6) is 0 Å². The molecule has 1 aliphatic heterocycles. The summed E-state index contributed by atoms with van der Waals surface area (Å²) >= 11 is 0. The van der Waals surface area contributed by atoms with Crippen LogP contribution in [0.4, 0.5) is 0 Å². The molecule has 5 heteroatoms. The van der Waals surface area contributed by atoms with E-state index in [1.165, 1.54) is 0 Å². The van der Waals surface area contributed by atoms with Crippen molar-refractivity contribution in [2.75, 3.05) is 19.7 Å². The van der Waals surface area contributed by atoms with Gasteiger partial charge in [-0.25, -0.2) is 9.59 Å². The second kappa shape index (κ2) is 7.85. The summed E-state index contributed by atoms with van der Waals surface area (Å²) in [4.78, 5) is 24.8. The van der Waals surface area contributed by atoms with Crippen molar-refractivity contribution in [3.63, 3.8) is 0 Å². The van der Waals surface area contributed by atoms with Crippen LogP contribution in [0.2, 0.25) is 0 Å². The highest BCUT2D eigenvalue weighted by atomic mass is 16.6. The first kappa shape index (κ1) is 16.4. The summed E-state index contributed by atoms with van der Waals surface area (Å²) in [5.41, 5.74) is 0.812. The van der Waals surface area contributed by atoms with Gasteiger partial charge in [-0.3, -0.25) is 4.90 Å². The molecule has 0 saturated carbocycles. The van der Waals surface area contributed by atoms with Crippen LogP contribution in [0.1, 0.15) is 33.1 Å². The zero-order valence-corrected chi connectivity index (χ0v) is 12.3. The molecule has 0 aromatic carbocycles. The molecule has 0 aliphatic carbocycles. The summed E-state index contributed by atoms with van der Waals surface area (Å²) in [7, 11) is 0. The lowest BCUT2D eigenvalue weighted by Gasteiger charge is -2.24. The van der Waals surface area contributed by atoms with E-state index in [0.29, 0.717) is 24.2 Å². The first-order valence-electron chi connectivity index (χ1n) is 6.85. The summed E-state index contributed by atoms with van der Waals surface area (Å²) < 4.78 is 10.4. The molecule has 1 saturated heterocycles. The second-order valence-electron chi connectivity index (χ2n) is 5.09. The summed E-state index contributed by atoms with van der Waals surface area (Å²) in [6.45, 7) is 12.3. The van der Waals surface area contributed by atoms with Crippen LogP contribution in [0.25, 0.3) is 0 Å². The van der Waals surface area contributed by atoms with E-state index in [-0.39, 0.29) is 18.2 Å². The quantitative estimate of drug-likeness (QED) is 0.406. The smallest absolute Gasteiger partial charge is 0.334 e. The van der Waals surface area contributed by atoms with Crippen LogP contribution in [0, 0.1) is 0 Å². The summed E-state index contributed by atoms with van der Waals surface area (Å²) in [5, 5.41) is 0. The summed E-state index contributed by atoms with van der Waals surface area (Å²) in [5.74, 6) is -0.715. The SMILES string of the molecule is C=C(C)C(=O)OCCCN1CCCC1OC(=O)C(=C)C. The van der Waals surface area contributed by atoms with Gasteiger partial charge in [0.25, 0.3) is 0 Å². The first-order valence-corrected chi connectivity index (χ1v) is 6.85. The topological polar surface area (TPSA) is 55.8 Å². The van der Waals surface area contributed by atoms with Crippen LogP contribution in [-0.2, 0) is 19.1 Å². The van der Waals surface area contributed by atoms with Gasteiger partial charge in [0, 0.05) is 24.2 Å². The van der Waals surface area contributed by atoms with Gasteiger partial charge in [-0.1, -0.05) is 13.2 Å². The Hall–Kier alpha value is -1.62. The van der Waals surface area contributed by atoms with E-state index in [0.717, 1.165) is 25.9 Å². The van der Waals surface area contributed by atoms with Crippen molar-refractivity contribution >= 4 is 11.9 Å². The molecule has 0 bridgehead atoms. The molecule has 20 heavy (non-hydrogen) atoms. The minimum absolute atomic E-state index is 0.184. The molecule has 1 rings (SSSR count). The largest absolute Gasteiger partial charge is 0.462 e. The third kappa shape index (κ3) is 5.17. The molecule has 1 unspecified atom stereocenters. The van der Waals surface area contributed by atoms with Gasteiger partial charge in [0.2, 0.25) is 0 Å². The molecule has 0 aromatic heterocycles. The van der Waals surface area contributed by atoms with Crippen LogP contribution >= 0.6 is 0 Å². The monoisotopic (exact) mass is 281 g/mol. The maximum absolute atomic E-state index is 11.5. The fourth-order valence-corrected chi connectivity index (χ4v) is 1.96. The number of carbonyl (C=O) groups excluding carboxylic acids is 2. The van der Waals surface area contributed by atoms with Gasteiger partial charge in [-0.05, 0) is 33.1 Å².